The topological polar surface area (TPSA) is 108 Å². The molecule has 0 aromatic heterocycles. The molecule has 120 valence electrons. The van der Waals surface area contributed by atoms with Crippen LogP contribution in [0.1, 0.15) is 5.56 Å². The van der Waals surface area contributed by atoms with Crippen LogP contribution in [0.5, 0.6) is 11.5 Å². The van der Waals surface area contributed by atoms with Crippen molar-refractivity contribution in [1.29, 1.82) is 0 Å². The molecule has 0 radical (unpaired) electrons. The van der Waals surface area contributed by atoms with Crippen LogP contribution >= 0.6 is 0 Å². The molecule has 0 unspecified atom stereocenters. The molecule has 0 aliphatic carbocycles. The number of aryl methyl sites for hydroxylation is 1. The Hall–Kier alpha value is -2.81. The molecule has 1 aliphatic rings. The molecule has 0 saturated heterocycles. The highest BCUT2D eigenvalue weighted by Gasteiger charge is 2.26. The van der Waals surface area contributed by atoms with E-state index in [4.69, 9.17) is 9.47 Å². The molecule has 0 atom stereocenters. The standard InChI is InChI=1S/C14H12N2O6S/c1-9-2-4-10(5-3-9)23(19,20)15-11-6-13-14(22-8-21-13)7-12(11)16(17)18/h2-7,15H,8H2,1H3. The highest BCUT2D eigenvalue weighted by molar-refractivity contribution is 7.92. The Morgan fingerprint density at radius 2 is 1.74 bits per heavy atom. The van der Waals surface area contributed by atoms with E-state index in [2.05, 4.69) is 4.72 Å². The van der Waals surface area contributed by atoms with Crippen molar-refractivity contribution in [3.8, 4) is 11.5 Å². The van der Waals surface area contributed by atoms with Gasteiger partial charge in [0.25, 0.3) is 15.7 Å². The van der Waals surface area contributed by atoms with E-state index >= 15 is 0 Å². The van der Waals surface area contributed by atoms with Gasteiger partial charge in [-0.25, -0.2) is 8.42 Å². The molecule has 0 spiro atoms. The van der Waals surface area contributed by atoms with Crippen molar-refractivity contribution in [2.24, 2.45) is 0 Å². The van der Waals surface area contributed by atoms with Crippen molar-refractivity contribution in [2.45, 2.75) is 11.8 Å². The van der Waals surface area contributed by atoms with Crippen LogP contribution in [0.3, 0.4) is 0 Å². The molecular weight excluding hydrogens is 324 g/mol. The van der Waals surface area contributed by atoms with E-state index < -0.39 is 20.6 Å². The molecule has 23 heavy (non-hydrogen) atoms. The van der Waals surface area contributed by atoms with E-state index in [9.17, 15) is 18.5 Å². The lowest BCUT2D eigenvalue weighted by Crippen LogP contribution is -2.14. The summed E-state index contributed by atoms with van der Waals surface area (Å²) in [5.41, 5.74) is 0.308. The number of benzene rings is 2. The van der Waals surface area contributed by atoms with E-state index in [1.807, 2.05) is 6.92 Å². The van der Waals surface area contributed by atoms with Crippen LogP contribution < -0.4 is 14.2 Å². The molecule has 0 bridgehead atoms. The summed E-state index contributed by atoms with van der Waals surface area (Å²) in [4.78, 5) is 10.5. The predicted molar refractivity (Wildman–Crippen MR) is 81.2 cm³/mol. The second-order valence-corrected chi connectivity index (χ2v) is 6.58. The van der Waals surface area contributed by atoms with Gasteiger partial charge in [0.2, 0.25) is 6.79 Å². The molecule has 0 saturated carbocycles. The fourth-order valence-electron chi connectivity index (χ4n) is 2.09. The van der Waals surface area contributed by atoms with Crippen molar-refractivity contribution in [3.05, 3.63) is 52.1 Å². The average molecular weight is 336 g/mol. The molecular formula is C14H12N2O6S. The third kappa shape index (κ3) is 2.90. The van der Waals surface area contributed by atoms with Crippen LogP contribution in [0.4, 0.5) is 11.4 Å². The number of nitrogens with zero attached hydrogens (tertiary/aromatic N) is 1. The first-order valence-corrected chi connectivity index (χ1v) is 8.03. The Labute approximate surface area is 131 Å². The van der Waals surface area contributed by atoms with Gasteiger partial charge < -0.3 is 9.47 Å². The normalized spacial score (nSPS) is 12.9. The predicted octanol–water partition coefficient (Wildman–Crippen LogP) is 2.43. The van der Waals surface area contributed by atoms with Gasteiger partial charge in [0, 0.05) is 6.07 Å². The summed E-state index contributed by atoms with van der Waals surface area (Å²) in [6, 6.07) is 8.51. The SMILES string of the molecule is Cc1ccc(S(=O)(=O)Nc2cc3c(cc2[N+](=O)[O-])OCO3)cc1. The zero-order valence-corrected chi connectivity index (χ0v) is 12.8. The van der Waals surface area contributed by atoms with E-state index in [1.165, 1.54) is 18.2 Å². The van der Waals surface area contributed by atoms with Gasteiger partial charge in [-0.3, -0.25) is 14.8 Å². The van der Waals surface area contributed by atoms with E-state index in [0.717, 1.165) is 11.6 Å². The fraction of sp³-hybridized carbons (Fsp3) is 0.143. The molecule has 2 aromatic carbocycles. The first-order valence-electron chi connectivity index (χ1n) is 6.54. The van der Waals surface area contributed by atoms with Crippen LogP contribution in [0, 0.1) is 17.0 Å². The van der Waals surface area contributed by atoms with E-state index in [1.54, 1.807) is 12.1 Å². The van der Waals surface area contributed by atoms with Gasteiger partial charge in [0.15, 0.2) is 11.5 Å². The zero-order chi connectivity index (χ0) is 16.6. The zero-order valence-electron chi connectivity index (χ0n) is 12.0. The summed E-state index contributed by atoms with van der Waals surface area (Å²) in [7, 11) is -3.95. The van der Waals surface area contributed by atoms with E-state index in [-0.39, 0.29) is 28.9 Å². The average Bonchev–Trinajstić information content (AvgIpc) is 2.93. The summed E-state index contributed by atoms with van der Waals surface area (Å²) in [6.07, 6.45) is 0. The number of ether oxygens (including phenoxy) is 2. The maximum atomic E-state index is 12.4. The molecule has 9 heteroatoms. The summed E-state index contributed by atoms with van der Waals surface area (Å²) < 4.78 is 37.2. The third-order valence-electron chi connectivity index (χ3n) is 3.26. The summed E-state index contributed by atoms with van der Waals surface area (Å²) >= 11 is 0. The minimum Gasteiger partial charge on any atom is -0.454 e. The van der Waals surface area contributed by atoms with Crippen molar-refractivity contribution in [1.82, 2.24) is 0 Å². The minimum absolute atomic E-state index is 0.00932. The Kier molecular flexibility index (Phi) is 3.57. The molecule has 0 amide bonds. The lowest BCUT2D eigenvalue weighted by Gasteiger charge is -2.09. The van der Waals surface area contributed by atoms with Gasteiger partial charge in [0.05, 0.1) is 15.9 Å². The van der Waals surface area contributed by atoms with Crippen LogP contribution in [0.2, 0.25) is 0 Å². The van der Waals surface area contributed by atoms with Crippen LogP contribution in [0.25, 0.3) is 0 Å². The Morgan fingerprint density at radius 3 is 2.35 bits per heavy atom. The number of hydrogen-bond donors (Lipinski definition) is 1. The van der Waals surface area contributed by atoms with Gasteiger partial charge in [-0.1, -0.05) is 17.7 Å². The van der Waals surface area contributed by atoms with Crippen LogP contribution in [-0.2, 0) is 10.0 Å². The summed E-state index contributed by atoms with van der Waals surface area (Å²) in [6.45, 7) is 1.76. The quantitative estimate of drug-likeness (QED) is 0.678. The first-order chi connectivity index (χ1) is 10.9. The third-order valence-corrected chi connectivity index (χ3v) is 4.64. The molecule has 1 N–H and O–H groups in total. The van der Waals surface area contributed by atoms with Gasteiger partial charge >= 0.3 is 0 Å². The Bertz CT molecular complexity index is 877. The number of nitrogens with one attached hydrogen (secondary N) is 1. The molecule has 2 aromatic rings. The number of sulfonamides is 1. The number of nitro groups is 1. The number of nitro benzene ring substituents is 1. The maximum absolute atomic E-state index is 12.4. The van der Waals surface area contributed by atoms with Gasteiger partial charge in [-0.2, -0.15) is 0 Å². The minimum atomic E-state index is -3.95. The van der Waals surface area contributed by atoms with Crippen molar-refractivity contribution in [3.63, 3.8) is 0 Å². The second-order valence-electron chi connectivity index (χ2n) is 4.90. The van der Waals surface area contributed by atoms with Crippen LogP contribution in [0.15, 0.2) is 41.3 Å². The molecule has 1 heterocycles. The lowest BCUT2D eigenvalue weighted by atomic mass is 10.2. The molecule has 0 fully saturated rings. The Morgan fingerprint density at radius 1 is 1.13 bits per heavy atom. The van der Waals surface area contributed by atoms with Crippen molar-refractivity contribution in [2.75, 3.05) is 11.5 Å². The van der Waals surface area contributed by atoms with Crippen molar-refractivity contribution < 1.29 is 22.8 Å². The second kappa shape index (κ2) is 5.43. The highest BCUT2D eigenvalue weighted by Crippen LogP contribution is 2.41. The molecule has 1 aliphatic heterocycles. The summed E-state index contributed by atoms with van der Waals surface area (Å²) in [5, 5.41) is 11.2. The summed E-state index contributed by atoms with van der Waals surface area (Å²) in [5.74, 6) is 0.451. The smallest absolute Gasteiger partial charge is 0.297 e. The van der Waals surface area contributed by atoms with Gasteiger partial charge in [-0.15, -0.1) is 0 Å². The van der Waals surface area contributed by atoms with Gasteiger partial charge in [0.1, 0.15) is 5.69 Å². The fourth-order valence-corrected chi connectivity index (χ4v) is 3.15. The largest absolute Gasteiger partial charge is 0.454 e. The first kappa shape index (κ1) is 15.1. The number of fused-ring (bicyclic) bond motifs is 1. The monoisotopic (exact) mass is 336 g/mol. The van der Waals surface area contributed by atoms with Crippen LogP contribution in [-0.4, -0.2) is 20.1 Å². The number of rotatable bonds is 4. The molecule has 8 nitrogen and oxygen atoms in total. The maximum Gasteiger partial charge on any atom is 0.297 e. The van der Waals surface area contributed by atoms with Gasteiger partial charge in [-0.05, 0) is 19.1 Å². The lowest BCUT2D eigenvalue weighted by molar-refractivity contribution is -0.383. The highest BCUT2D eigenvalue weighted by atomic mass is 32.2. The number of anilines is 1. The Balaban J connectivity index is 2.02. The molecule has 3 rings (SSSR count). The number of hydrogen-bond acceptors (Lipinski definition) is 6. The van der Waals surface area contributed by atoms with E-state index in [0.29, 0.717) is 0 Å². The van der Waals surface area contributed by atoms with Crippen molar-refractivity contribution >= 4 is 21.4 Å².